The van der Waals surface area contributed by atoms with E-state index in [1.807, 2.05) is 12.2 Å². The van der Waals surface area contributed by atoms with Crippen LogP contribution in [0.1, 0.15) is 84.5 Å². The van der Waals surface area contributed by atoms with E-state index in [1.54, 1.807) is 0 Å². The molecule has 2 fully saturated rings. The fourth-order valence-electron chi connectivity index (χ4n) is 4.13. The van der Waals surface area contributed by atoms with E-state index in [4.69, 9.17) is 0 Å². The van der Waals surface area contributed by atoms with Gasteiger partial charge in [0.25, 0.3) is 0 Å². The predicted octanol–water partition coefficient (Wildman–Crippen LogP) is 6.37. The monoisotopic (exact) mass is 310 g/mol. The Morgan fingerprint density at radius 3 is 1.61 bits per heavy atom. The first-order chi connectivity index (χ1) is 11.3. The van der Waals surface area contributed by atoms with Gasteiger partial charge in [0, 0.05) is 11.8 Å². The van der Waals surface area contributed by atoms with Crippen LogP contribution in [0.5, 0.6) is 0 Å². The maximum Gasteiger partial charge on any atom is 0.0206 e. The van der Waals surface area contributed by atoms with Gasteiger partial charge in [-0.05, 0) is 75.4 Å². The summed E-state index contributed by atoms with van der Waals surface area (Å²) in [5.41, 5.74) is 0. The van der Waals surface area contributed by atoms with E-state index in [2.05, 4.69) is 37.5 Å². The zero-order valence-electron chi connectivity index (χ0n) is 15.2. The van der Waals surface area contributed by atoms with Crippen molar-refractivity contribution in [1.29, 1.82) is 0 Å². The molecule has 0 bridgehead atoms. The van der Waals surface area contributed by atoms with Crippen molar-refractivity contribution in [3.63, 3.8) is 0 Å². The Morgan fingerprint density at radius 1 is 0.696 bits per heavy atom. The molecule has 0 amide bonds. The molecule has 0 aliphatic heterocycles. The van der Waals surface area contributed by atoms with E-state index < -0.39 is 0 Å². The highest BCUT2D eigenvalue weighted by Gasteiger charge is 2.19. The van der Waals surface area contributed by atoms with Gasteiger partial charge in [0.15, 0.2) is 0 Å². The Balaban J connectivity index is 1.65. The molecule has 0 saturated heterocycles. The number of hydrogen-bond acceptors (Lipinski definition) is 0. The molecule has 0 nitrogen and oxygen atoms in total. The molecular formula is C23H34. The third-order valence-electron chi connectivity index (χ3n) is 5.79. The maximum atomic E-state index is 3.43. The summed E-state index contributed by atoms with van der Waals surface area (Å²) in [6.07, 6.45) is 18.7. The van der Waals surface area contributed by atoms with Crippen molar-refractivity contribution in [2.75, 3.05) is 0 Å². The summed E-state index contributed by atoms with van der Waals surface area (Å²) in [6, 6.07) is 0. The minimum atomic E-state index is 0.629. The molecule has 0 aromatic carbocycles. The summed E-state index contributed by atoms with van der Waals surface area (Å²) < 4.78 is 0. The number of allylic oxidation sites excluding steroid dienone is 2. The minimum absolute atomic E-state index is 0.629. The van der Waals surface area contributed by atoms with E-state index in [0.717, 1.165) is 11.8 Å². The molecule has 0 radical (unpaired) electrons. The van der Waals surface area contributed by atoms with Gasteiger partial charge in [-0.15, -0.1) is 0 Å². The molecule has 126 valence electrons. The first-order valence-corrected chi connectivity index (χ1v) is 9.98. The molecule has 2 aliphatic carbocycles. The van der Waals surface area contributed by atoms with Crippen LogP contribution < -0.4 is 0 Å². The van der Waals surface area contributed by atoms with E-state index in [9.17, 15) is 0 Å². The first-order valence-electron chi connectivity index (χ1n) is 9.98. The van der Waals surface area contributed by atoms with Gasteiger partial charge in [-0.3, -0.25) is 0 Å². The highest BCUT2D eigenvalue weighted by Crippen LogP contribution is 2.31. The van der Waals surface area contributed by atoms with Gasteiger partial charge in [-0.2, -0.15) is 0 Å². The van der Waals surface area contributed by atoms with Crippen molar-refractivity contribution >= 4 is 0 Å². The number of hydrogen-bond donors (Lipinski definition) is 0. The molecule has 0 heteroatoms. The molecule has 2 rings (SSSR count). The summed E-state index contributed by atoms with van der Waals surface area (Å²) in [5.74, 6) is 16.5. The zero-order chi connectivity index (χ0) is 16.3. The van der Waals surface area contributed by atoms with Gasteiger partial charge < -0.3 is 0 Å². The van der Waals surface area contributed by atoms with Crippen molar-refractivity contribution < 1.29 is 0 Å². The average Bonchev–Trinajstić information content (AvgIpc) is 2.60. The fourth-order valence-corrected chi connectivity index (χ4v) is 4.13. The van der Waals surface area contributed by atoms with Crippen molar-refractivity contribution in [2.24, 2.45) is 23.7 Å². The molecule has 0 heterocycles. The third-order valence-corrected chi connectivity index (χ3v) is 5.79. The SMILES string of the molecule is CCC[C@H]1CC[C@H](C#C/C=C/C#C[C@H]2CC[C@H](CC)CC2)CC1. The fraction of sp³-hybridized carbons (Fsp3) is 0.739. The Bertz CT molecular complexity index is 460. The lowest BCUT2D eigenvalue weighted by atomic mass is 9.80. The van der Waals surface area contributed by atoms with Crippen LogP contribution >= 0.6 is 0 Å². The maximum absolute atomic E-state index is 3.43. The highest BCUT2D eigenvalue weighted by molar-refractivity contribution is 5.26. The Kier molecular flexibility index (Phi) is 8.39. The van der Waals surface area contributed by atoms with E-state index in [0.29, 0.717) is 11.8 Å². The lowest BCUT2D eigenvalue weighted by Crippen LogP contribution is -2.12. The molecular weight excluding hydrogens is 276 g/mol. The number of rotatable bonds is 3. The van der Waals surface area contributed by atoms with Crippen LogP contribution in [0.25, 0.3) is 0 Å². The molecule has 0 unspecified atom stereocenters. The van der Waals surface area contributed by atoms with Crippen LogP contribution in [0.3, 0.4) is 0 Å². The topological polar surface area (TPSA) is 0 Å². The van der Waals surface area contributed by atoms with Gasteiger partial charge in [-0.25, -0.2) is 0 Å². The predicted molar refractivity (Wildman–Crippen MR) is 101 cm³/mol. The van der Waals surface area contributed by atoms with Gasteiger partial charge in [0.2, 0.25) is 0 Å². The Hall–Kier alpha value is -1.14. The third kappa shape index (κ3) is 6.87. The summed E-state index contributed by atoms with van der Waals surface area (Å²) in [6.45, 7) is 4.61. The summed E-state index contributed by atoms with van der Waals surface area (Å²) in [7, 11) is 0. The molecule has 0 spiro atoms. The first kappa shape index (κ1) is 18.2. The standard InChI is InChI=1S/C23H34/c1-3-9-21-16-18-23(19-17-21)11-8-6-5-7-10-22-14-12-20(4-2)13-15-22/h5-6,20-23H,3-4,9,12-19H2,1-2H3/b6-5+/t20-,21-,22-,23-. The Labute approximate surface area is 144 Å². The largest absolute Gasteiger partial charge is 0.0951 e. The molecule has 0 aromatic heterocycles. The van der Waals surface area contributed by atoms with E-state index in [1.165, 1.54) is 70.6 Å². The van der Waals surface area contributed by atoms with Crippen LogP contribution in [0.4, 0.5) is 0 Å². The molecule has 0 atom stereocenters. The summed E-state index contributed by atoms with van der Waals surface area (Å²) >= 11 is 0. The molecule has 23 heavy (non-hydrogen) atoms. The van der Waals surface area contributed by atoms with Crippen LogP contribution in [0.2, 0.25) is 0 Å². The molecule has 2 aliphatic rings. The van der Waals surface area contributed by atoms with Crippen LogP contribution in [-0.2, 0) is 0 Å². The van der Waals surface area contributed by atoms with E-state index >= 15 is 0 Å². The second-order valence-electron chi connectivity index (χ2n) is 7.54. The second kappa shape index (κ2) is 10.6. The summed E-state index contributed by atoms with van der Waals surface area (Å²) in [5, 5.41) is 0. The van der Waals surface area contributed by atoms with Gasteiger partial charge in [-0.1, -0.05) is 56.8 Å². The van der Waals surface area contributed by atoms with Crippen molar-refractivity contribution in [2.45, 2.75) is 84.5 Å². The Morgan fingerprint density at radius 2 is 1.17 bits per heavy atom. The lowest BCUT2D eigenvalue weighted by Gasteiger charge is -2.25. The van der Waals surface area contributed by atoms with Crippen LogP contribution in [0, 0.1) is 47.4 Å². The molecule has 2 saturated carbocycles. The van der Waals surface area contributed by atoms with Crippen molar-refractivity contribution in [3.8, 4) is 23.7 Å². The smallest absolute Gasteiger partial charge is 0.0206 e. The highest BCUT2D eigenvalue weighted by atomic mass is 14.2. The van der Waals surface area contributed by atoms with Gasteiger partial charge in [0.05, 0.1) is 0 Å². The zero-order valence-corrected chi connectivity index (χ0v) is 15.2. The normalized spacial score (nSPS) is 31.0. The van der Waals surface area contributed by atoms with Crippen LogP contribution in [0.15, 0.2) is 12.2 Å². The second-order valence-corrected chi connectivity index (χ2v) is 7.54. The van der Waals surface area contributed by atoms with Gasteiger partial charge in [0.1, 0.15) is 0 Å². The lowest BCUT2D eigenvalue weighted by molar-refractivity contribution is 0.300. The van der Waals surface area contributed by atoms with Crippen molar-refractivity contribution in [3.05, 3.63) is 12.2 Å². The average molecular weight is 311 g/mol. The van der Waals surface area contributed by atoms with Crippen molar-refractivity contribution in [1.82, 2.24) is 0 Å². The minimum Gasteiger partial charge on any atom is -0.0951 e. The molecule has 0 aromatic rings. The summed E-state index contributed by atoms with van der Waals surface area (Å²) in [4.78, 5) is 0. The molecule has 0 N–H and O–H groups in total. The van der Waals surface area contributed by atoms with Gasteiger partial charge >= 0.3 is 0 Å². The van der Waals surface area contributed by atoms with Crippen LogP contribution in [-0.4, -0.2) is 0 Å². The van der Waals surface area contributed by atoms with E-state index in [-0.39, 0.29) is 0 Å². The quantitative estimate of drug-likeness (QED) is 0.531.